The summed E-state index contributed by atoms with van der Waals surface area (Å²) in [5.41, 5.74) is 7.39. The van der Waals surface area contributed by atoms with Gasteiger partial charge in [-0.2, -0.15) is 0 Å². The second-order valence-corrected chi connectivity index (χ2v) is 9.36. The zero-order valence-electron chi connectivity index (χ0n) is 14.1. The number of carbonyl (C=O) groups is 2. The molecule has 2 heterocycles. The van der Waals surface area contributed by atoms with Crippen LogP contribution in [-0.2, 0) is 12.8 Å². The van der Waals surface area contributed by atoms with Gasteiger partial charge in [0.05, 0.1) is 10.4 Å². The van der Waals surface area contributed by atoms with E-state index in [2.05, 4.69) is 26.1 Å². The van der Waals surface area contributed by atoms with Crippen LogP contribution in [0.25, 0.3) is 0 Å². The number of primary amides is 1. The lowest BCUT2D eigenvalue weighted by Gasteiger charge is -2.33. The van der Waals surface area contributed by atoms with Crippen LogP contribution in [0, 0.1) is 11.3 Å². The molecule has 1 atom stereocenters. The summed E-state index contributed by atoms with van der Waals surface area (Å²) in [4.78, 5) is 26.1. The van der Waals surface area contributed by atoms with E-state index < -0.39 is 5.91 Å². The molecule has 0 radical (unpaired) electrons. The van der Waals surface area contributed by atoms with E-state index >= 15 is 0 Å². The highest BCUT2D eigenvalue weighted by Crippen LogP contribution is 2.44. The number of rotatable bonds is 3. The Labute approximate surface area is 150 Å². The van der Waals surface area contributed by atoms with Gasteiger partial charge < -0.3 is 11.1 Å². The van der Waals surface area contributed by atoms with E-state index in [-0.39, 0.29) is 11.3 Å². The van der Waals surface area contributed by atoms with Gasteiger partial charge in [-0.15, -0.1) is 22.7 Å². The lowest BCUT2D eigenvalue weighted by molar-refractivity contribution is 0.1000. The first kappa shape index (κ1) is 17.2. The molecule has 0 aliphatic heterocycles. The van der Waals surface area contributed by atoms with Crippen molar-refractivity contribution in [1.82, 2.24) is 0 Å². The molecule has 3 rings (SSSR count). The van der Waals surface area contributed by atoms with Crippen molar-refractivity contribution in [2.75, 3.05) is 5.32 Å². The number of anilines is 1. The molecule has 2 amide bonds. The van der Waals surface area contributed by atoms with E-state index in [0.29, 0.717) is 21.4 Å². The third-order valence-electron chi connectivity index (χ3n) is 4.71. The van der Waals surface area contributed by atoms with Crippen molar-refractivity contribution in [3.05, 3.63) is 38.4 Å². The summed E-state index contributed by atoms with van der Waals surface area (Å²) in [5.74, 6) is -0.0631. The summed E-state index contributed by atoms with van der Waals surface area (Å²) in [6.45, 7) is 6.76. The summed E-state index contributed by atoms with van der Waals surface area (Å²) < 4.78 is 0. The molecule has 2 aromatic rings. The quantitative estimate of drug-likeness (QED) is 0.854. The number of hydrogen-bond acceptors (Lipinski definition) is 4. The predicted molar refractivity (Wildman–Crippen MR) is 100 cm³/mol. The van der Waals surface area contributed by atoms with Gasteiger partial charge in [-0.25, -0.2) is 0 Å². The lowest BCUT2D eigenvalue weighted by Crippen LogP contribution is -2.27. The van der Waals surface area contributed by atoms with Crippen molar-refractivity contribution in [3.8, 4) is 0 Å². The molecule has 0 aromatic carbocycles. The van der Waals surface area contributed by atoms with Gasteiger partial charge in [0.1, 0.15) is 5.00 Å². The van der Waals surface area contributed by atoms with Gasteiger partial charge in [-0.3, -0.25) is 9.59 Å². The molecule has 1 aliphatic rings. The SMILES string of the molecule is CC(C)(C)[C@H]1CCc2c(sc(NC(=O)c3cccs3)c2C(N)=O)C1. The van der Waals surface area contributed by atoms with Crippen LogP contribution >= 0.6 is 22.7 Å². The van der Waals surface area contributed by atoms with Gasteiger partial charge >= 0.3 is 0 Å². The Balaban J connectivity index is 1.92. The number of carbonyl (C=O) groups excluding carboxylic acids is 2. The molecule has 0 saturated heterocycles. The van der Waals surface area contributed by atoms with Crippen LogP contribution in [0.2, 0.25) is 0 Å². The topological polar surface area (TPSA) is 72.2 Å². The fraction of sp³-hybridized carbons (Fsp3) is 0.444. The van der Waals surface area contributed by atoms with Crippen LogP contribution < -0.4 is 11.1 Å². The second kappa shape index (κ2) is 6.33. The van der Waals surface area contributed by atoms with Gasteiger partial charge in [-0.1, -0.05) is 26.8 Å². The van der Waals surface area contributed by atoms with Crippen molar-refractivity contribution >= 4 is 39.5 Å². The number of nitrogens with two attached hydrogens (primary N) is 1. The summed E-state index contributed by atoms with van der Waals surface area (Å²) in [6, 6.07) is 3.61. The van der Waals surface area contributed by atoms with E-state index in [1.807, 2.05) is 11.4 Å². The predicted octanol–water partition coefficient (Wildman–Crippen LogP) is 4.31. The third-order valence-corrected chi connectivity index (χ3v) is 6.75. The highest BCUT2D eigenvalue weighted by Gasteiger charge is 2.33. The van der Waals surface area contributed by atoms with Gasteiger partial charge in [-0.05, 0) is 47.6 Å². The van der Waals surface area contributed by atoms with Crippen molar-refractivity contribution in [3.63, 3.8) is 0 Å². The molecule has 24 heavy (non-hydrogen) atoms. The normalized spacial score (nSPS) is 17.4. The molecule has 0 spiro atoms. The minimum atomic E-state index is -0.455. The number of fused-ring (bicyclic) bond motifs is 1. The highest BCUT2D eigenvalue weighted by molar-refractivity contribution is 7.17. The monoisotopic (exact) mass is 362 g/mol. The standard InChI is InChI=1S/C18H22N2O2S2/c1-18(2,3)10-6-7-11-13(9-10)24-17(14(11)15(19)21)20-16(22)12-5-4-8-23-12/h4-5,8,10H,6-7,9H2,1-3H3,(H2,19,21)(H,20,22)/t10-/m0/s1. The minimum Gasteiger partial charge on any atom is -0.365 e. The third kappa shape index (κ3) is 3.26. The fourth-order valence-electron chi connectivity index (χ4n) is 3.25. The Morgan fingerprint density at radius 1 is 1.33 bits per heavy atom. The van der Waals surface area contributed by atoms with Crippen LogP contribution in [0.15, 0.2) is 17.5 Å². The van der Waals surface area contributed by atoms with Crippen LogP contribution in [0.3, 0.4) is 0 Å². The largest absolute Gasteiger partial charge is 0.365 e. The molecule has 1 aliphatic carbocycles. The van der Waals surface area contributed by atoms with Crippen molar-refractivity contribution in [2.24, 2.45) is 17.1 Å². The number of amides is 2. The van der Waals surface area contributed by atoms with Crippen LogP contribution in [0.5, 0.6) is 0 Å². The Hall–Kier alpha value is -1.66. The Morgan fingerprint density at radius 3 is 2.67 bits per heavy atom. The van der Waals surface area contributed by atoms with E-state index in [9.17, 15) is 9.59 Å². The molecule has 0 fully saturated rings. The molecular formula is C18H22N2O2S2. The van der Waals surface area contributed by atoms with E-state index in [1.165, 1.54) is 27.6 Å². The molecule has 128 valence electrons. The molecular weight excluding hydrogens is 340 g/mol. The first-order chi connectivity index (χ1) is 11.3. The average Bonchev–Trinajstić information content (AvgIpc) is 3.12. The maximum atomic E-state index is 12.3. The molecule has 4 nitrogen and oxygen atoms in total. The lowest BCUT2D eigenvalue weighted by atomic mass is 9.72. The molecule has 2 aromatic heterocycles. The average molecular weight is 363 g/mol. The number of thiophene rings is 2. The van der Waals surface area contributed by atoms with Gasteiger partial charge in [0.2, 0.25) is 0 Å². The zero-order valence-corrected chi connectivity index (χ0v) is 15.8. The molecule has 0 bridgehead atoms. The number of nitrogens with one attached hydrogen (secondary N) is 1. The Bertz CT molecular complexity index is 770. The van der Waals surface area contributed by atoms with Gasteiger partial charge in [0, 0.05) is 4.88 Å². The summed E-state index contributed by atoms with van der Waals surface area (Å²) in [6.07, 6.45) is 2.84. The first-order valence-electron chi connectivity index (χ1n) is 8.06. The van der Waals surface area contributed by atoms with Gasteiger partial charge in [0.15, 0.2) is 0 Å². The Kier molecular flexibility index (Phi) is 4.53. The van der Waals surface area contributed by atoms with Gasteiger partial charge in [0.25, 0.3) is 11.8 Å². The first-order valence-corrected chi connectivity index (χ1v) is 9.76. The number of hydrogen-bond donors (Lipinski definition) is 2. The minimum absolute atomic E-state index is 0.182. The summed E-state index contributed by atoms with van der Waals surface area (Å²) >= 11 is 2.89. The fourth-order valence-corrected chi connectivity index (χ4v) is 5.19. The van der Waals surface area contributed by atoms with E-state index in [1.54, 1.807) is 6.07 Å². The van der Waals surface area contributed by atoms with Crippen LogP contribution in [0.1, 0.15) is 57.7 Å². The maximum Gasteiger partial charge on any atom is 0.266 e. The van der Waals surface area contributed by atoms with E-state index in [4.69, 9.17) is 5.73 Å². The van der Waals surface area contributed by atoms with Crippen molar-refractivity contribution < 1.29 is 9.59 Å². The van der Waals surface area contributed by atoms with E-state index in [0.717, 1.165) is 24.8 Å². The van der Waals surface area contributed by atoms with Crippen LogP contribution in [-0.4, -0.2) is 11.8 Å². The molecule has 3 N–H and O–H groups in total. The smallest absolute Gasteiger partial charge is 0.266 e. The molecule has 6 heteroatoms. The maximum absolute atomic E-state index is 12.3. The summed E-state index contributed by atoms with van der Waals surface area (Å²) in [7, 11) is 0. The van der Waals surface area contributed by atoms with Crippen molar-refractivity contribution in [1.29, 1.82) is 0 Å². The zero-order chi connectivity index (χ0) is 17.5. The molecule has 0 unspecified atom stereocenters. The highest BCUT2D eigenvalue weighted by atomic mass is 32.1. The molecule has 0 saturated carbocycles. The van der Waals surface area contributed by atoms with Crippen LogP contribution in [0.4, 0.5) is 5.00 Å². The van der Waals surface area contributed by atoms with Crippen molar-refractivity contribution in [2.45, 2.75) is 40.0 Å². The summed E-state index contributed by atoms with van der Waals surface area (Å²) in [5, 5.41) is 5.35. The Morgan fingerprint density at radius 2 is 2.08 bits per heavy atom. The second-order valence-electron chi connectivity index (χ2n) is 7.31.